The lowest BCUT2D eigenvalue weighted by Gasteiger charge is -2.22. The summed E-state index contributed by atoms with van der Waals surface area (Å²) in [5.41, 5.74) is 3.63. The summed E-state index contributed by atoms with van der Waals surface area (Å²) in [6, 6.07) is 6.83. The molecule has 4 aromatic rings. The van der Waals surface area contributed by atoms with Crippen LogP contribution in [0.3, 0.4) is 0 Å². The van der Waals surface area contributed by atoms with Gasteiger partial charge in [0.05, 0.1) is 23.3 Å². The number of rotatable bonds is 5. The molecule has 0 radical (unpaired) electrons. The van der Waals surface area contributed by atoms with Crippen molar-refractivity contribution in [2.75, 3.05) is 13.1 Å². The van der Waals surface area contributed by atoms with Crippen LogP contribution >= 0.6 is 0 Å². The predicted molar refractivity (Wildman–Crippen MR) is 113 cm³/mol. The number of nitrogens with zero attached hydrogens (tertiary/aromatic N) is 4. The zero-order valence-electron chi connectivity index (χ0n) is 17.2. The molecule has 4 heterocycles. The van der Waals surface area contributed by atoms with Crippen molar-refractivity contribution in [2.24, 2.45) is 0 Å². The van der Waals surface area contributed by atoms with Gasteiger partial charge in [0.15, 0.2) is 0 Å². The number of fused-ring (bicyclic) bond motifs is 1. The molecule has 1 fully saturated rings. The Morgan fingerprint density at radius 2 is 1.97 bits per heavy atom. The summed E-state index contributed by atoms with van der Waals surface area (Å²) in [6.45, 7) is 3.38. The SMILES string of the molecule is Cc1ccc(F)c(COn2ccc3ncc(-c4cnn(C5CCNCC5)c4)cc32)c1F. The molecule has 0 spiro atoms. The number of halogens is 2. The minimum Gasteiger partial charge on any atom is -0.409 e. The Balaban J connectivity index is 1.40. The number of hydrogen-bond donors (Lipinski definition) is 1. The zero-order valence-corrected chi connectivity index (χ0v) is 17.2. The fourth-order valence-electron chi connectivity index (χ4n) is 4.00. The summed E-state index contributed by atoms with van der Waals surface area (Å²) in [7, 11) is 0. The van der Waals surface area contributed by atoms with Crippen LogP contribution in [-0.2, 0) is 6.61 Å². The van der Waals surface area contributed by atoms with E-state index in [1.807, 2.05) is 23.1 Å². The Bertz CT molecular complexity index is 1230. The van der Waals surface area contributed by atoms with Crippen LogP contribution in [0, 0.1) is 18.6 Å². The van der Waals surface area contributed by atoms with Crippen LogP contribution in [0.2, 0.25) is 0 Å². The Kier molecular flexibility index (Phi) is 5.15. The monoisotopic (exact) mass is 423 g/mol. The first-order valence-corrected chi connectivity index (χ1v) is 10.4. The molecule has 0 saturated carbocycles. The first-order valence-electron chi connectivity index (χ1n) is 10.4. The average Bonchev–Trinajstić information content (AvgIpc) is 3.44. The minimum atomic E-state index is -0.622. The van der Waals surface area contributed by atoms with Crippen LogP contribution in [0.15, 0.2) is 49.1 Å². The molecule has 1 saturated heterocycles. The van der Waals surface area contributed by atoms with Gasteiger partial charge in [-0.3, -0.25) is 9.67 Å². The van der Waals surface area contributed by atoms with Crippen molar-refractivity contribution in [3.8, 4) is 11.1 Å². The minimum absolute atomic E-state index is 0.0887. The Morgan fingerprint density at radius 1 is 1.13 bits per heavy atom. The highest BCUT2D eigenvalue weighted by atomic mass is 19.1. The first kappa shape index (κ1) is 19.7. The van der Waals surface area contributed by atoms with Crippen molar-refractivity contribution in [2.45, 2.75) is 32.4 Å². The Morgan fingerprint density at radius 3 is 2.81 bits per heavy atom. The zero-order chi connectivity index (χ0) is 21.4. The molecule has 1 N–H and O–H groups in total. The molecular formula is C23H23F2N5O. The molecule has 6 nitrogen and oxygen atoms in total. The molecule has 0 unspecified atom stereocenters. The van der Waals surface area contributed by atoms with E-state index in [0.29, 0.717) is 11.6 Å². The average molecular weight is 423 g/mol. The smallest absolute Gasteiger partial charge is 0.145 e. The van der Waals surface area contributed by atoms with E-state index in [0.717, 1.165) is 48.1 Å². The van der Waals surface area contributed by atoms with Gasteiger partial charge >= 0.3 is 0 Å². The second kappa shape index (κ2) is 8.11. The Labute approximate surface area is 178 Å². The van der Waals surface area contributed by atoms with Gasteiger partial charge < -0.3 is 10.2 Å². The molecule has 0 bridgehead atoms. The molecule has 5 rings (SSSR count). The van der Waals surface area contributed by atoms with Crippen LogP contribution < -0.4 is 10.2 Å². The number of aryl methyl sites for hydroxylation is 1. The van der Waals surface area contributed by atoms with Gasteiger partial charge in [-0.2, -0.15) is 9.83 Å². The van der Waals surface area contributed by atoms with E-state index >= 15 is 0 Å². The molecule has 0 aliphatic carbocycles. The molecule has 1 aromatic carbocycles. The van der Waals surface area contributed by atoms with Crippen molar-refractivity contribution in [1.82, 2.24) is 24.8 Å². The van der Waals surface area contributed by atoms with Crippen molar-refractivity contribution in [1.29, 1.82) is 0 Å². The van der Waals surface area contributed by atoms with E-state index in [9.17, 15) is 8.78 Å². The molecule has 3 aromatic heterocycles. The summed E-state index contributed by atoms with van der Waals surface area (Å²) in [5, 5.41) is 7.92. The molecule has 8 heteroatoms. The highest BCUT2D eigenvalue weighted by Gasteiger charge is 2.17. The molecule has 0 atom stereocenters. The third-order valence-electron chi connectivity index (χ3n) is 5.85. The normalized spacial score (nSPS) is 14.9. The fourth-order valence-corrected chi connectivity index (χ4v) is 4.00. The third kappa shape index (κ3) is 3.79. The molecule has 1 aliphatic heterocycles. The number of aromatic nitrogens is 4. The van der Waals surface area contributed by atoms with Crippen molar-refractivity contribution in [3.05, 3.63) is 71.8 Å². The van der Waals surface area contributed by atoms with Gasteiger partial charge in [-0.15, -0.1) is 0 Å². The predicted octanol–water partition coefficient (Wildman–Crippen LogP) is 4.04. The summed E-state index contributed by atoms with van der Waals surface area (Å²) in [4.78, 5) is 10.2. The summed E-state index contributed by atoms with van der Waals surface area (Å²) < 4.78 is 31.9. The van der Waals surface area contributed by atoms with E-state index in [1.54, 1.807) is 25.4 Å². The van der Waals surface area contributed by atoms with Gasteiger partial charge in [-0.1, -0.05) is 6.07 Å². The first-order chi connectivity index (χ1) is 15.1. The maximum Gasteiger partial charge on any atom is 0.145 e. The van der Waals surface area contributed by atoms with E-state index in [2.05, 4.69) is 15.4 Å². The van der Waals surface area contributed by atoms with Gasteiger partial charge in [0.25, 0.3) is 0 Å². The number of benzene rings is 1. The van der Waals surface area contributed by atoms with Crippen LogP contribution in [-0.4, -0.2) is 32.6 Å². The van der Waals surface area contributed by atoms with E-state index in [4.69, 9.17) is 4.84 Å². The standard InChI is InChI=1S/C23H23F2N5O/c1-15-2-3-20(24)19(23(15)25)14-31-30-9-6-21-22(30)10-16(11-27-21)17-12-28-29(13-17)18-4-7-26-8-5-18/h2-3,6,9-13,18,26H,4-5,7-8,14H2,1H3. The maximum atomic E-state index is 14.3. The molecule has 160 valence electrons. The molecule has 31 heavy (non-hydrogen) atoms. The highest BCUT2D eigenvalue weighted by Crippen LogP contribution is 2.26. The molecule has 1 aliphatic rings. The number of hydrogen-bond acceptors (Lipinski definition) is 4. The van der Waals surface area contributed by atoms with Crippen LogP contribution in [0.25, 0.3) is 22.2 Å². The van der Waals surface area contributed by atoms with E-state index < -0.39 is 11.6 Å². The lowest BCUT2D eigenvalue weighted by atomic mass is 10.1. The summed E-state index contributed by atoms with van der Waals surface area (Å²) in [6.07, 6.45) is 9.51. The third-order valence-corrected chi connectivity index (χ3v) is 5.85. The number of pyridine rings is 1. The number of nitrogens with one attached hydrogen (secondary N) is 1. The number of piperidine rings is 1. The fraction of sp³-hybridized carbons (Fsp3) is 0.304. The Hall–Kier alpha value is -3.26. The lowest BCUT2D eigenvalue weighted by Crippen LogP contribution is -2.29. The van der Waals surface area contributed by atoms with Gasteiger partial charge in [-0.05, 0) is 56.6 Å². The van der Waals surface area contributed by atoms with Gasteiger partial charge in [-0.25, -0.2) is 8.78 Å². The lowest BCUT2D eigenvalue weighted by molar-refractivity contribution is 0.103. The van der Waals surface area contributed by atoms with Crippen LogP contribution in [0.1, 0.15) is 30.0 Å². The largest absolute Gasteiger partial charge is 0.409 e. The van der Waals surface area contributed by atoms with Crippen molar-refractivity contribution in [3.63, 3.8) is 0 Å². The maximum absolute atomic E-state index is 14.3. The topological polar surface area (TPSA) is 56.9 Å². The van der Waals surface area contributed by atoms with E-state index in [-0.39, 0.29) is 12.2 Å². The van der Waals surface area contributed by atoms with Crippen molar-refractivity contribution < 1.29 is 13.6 Å². The van der Waals surface area contributed by atoms with Gasteiger partial charge in [0, 0.05) is 29.7 Å². The van der Waals surface area contributed by atoms with Crippen LogP contribution in [0.4, 0.5) is 8.78 Å². The molecule has 0 amide bonds. The second-order valence-corrected chi connectivity index (χ2v) is 7.89. The summed E-state index contributed by atoms with van der Waals surface area (Å²) >= 11 is 0. The second-order valence-electron chi connectivity index (χ2n) is 7.89. The molecular weight excluding hydrogens is 400 g/mol. The van der Waals surface area contributed by atoms with Crippen molar-refractivity contribution >= 4 is 11.0 Å². The van der Waals surface area contributed by atoms with Gasteiger partial charge in [0.1, 0.15) is 23.8 Å². The van der Waals surface area contributed by atoms with Crippen LogP contribution in [0.5, 0.6) is 0 Å². The van der Waals surface area contributed by atoms with Gasteiger partial charge in [0.2, 0.25) is 0 Å². The van der Waals surface area contributed by atoms with E-state index in [1.165, 1.54) is 16.9 Å². The quantitative estimate of drug-likeness (QED) is 0.526. The highest BCUT2D eigenvalue weighted by molar-refractivity contribution is 5.80. The summed E-state index contributed by atoms with van der Waals surface area (Å²) in [5.74, 6) is -1.20.